The Hall–Kier alpha value is -1.42. The molecule has 1 atom stereocenters. The SMILES string of the molecule is Cc1nc2c(C3CCCN3)ccnc2n1C. The van der Waals surface area contributed by atoms with Gasteiger partial charge in [0.2, 0.25) is 0 Å². The molecule has 0 spiro atoms. The van der Waals surface area contributed by atoms with Gasteiger partial charge in [0.05, 0.1) is 0 Å². The minimum atomic E-state index is 0.458. The van der Waals surface area contributed by atoms with Gasteiger partial charge in [0.25, 0.3) is 0 Å². The highest BCUT2D eigenvalue weighted by atomic mass is 15.1. The molecule has 2 aromatic heterocycles. The van der Waals surface area contributed by atoms with E-state index in [0.717, 1.165) is 23.5 Å². The Morgan fingerprint density at radius 1 is 1.50 bits per heavy atom. The lowest BCUT2D eigenvalue weighted by Gasteiger charge is -2.10. The van der Waals surface area contributed by atoms with Gasteiger partial charge in [-0.15, -0.1) is 0 Å². The molecule has 0 saturated carbocycles. The Morgan fingerprint density at radius 3 is 3.12 bits per heavy atom. The van der Waals surface area contributed by atoms with Crippen LogP contribution in [0.25, 0.3) is 11.2 Å². The van der Waals surface area contributed by atoms with E-state index in [4.69, 9.17) is 0 Å². The molecule has 1 N–H and O–H groups in total. The van der Waals surface area contributed by atoms with E-state index in [2.05, 4.69) is 21.4 Å². The Morgan fingerprint density at radius 2 is 2.38 bits per heavy atom. The number of pyridine rings is 1. The van der Waals surface area contributed by atoms with Crippen LogP contribution in [-0.4, -0.2) is 21.1 Å². The molecular weight excluding hydrogens is 200 g/mol. The Balaban J connectivity index is 2.20. The summed E-state index contributed by atoms with van der Waals surface area (Å²) >= 11 is 0. The monoisotopic (exact) mass is 216 g/mol. The molecule has 0 aliphatic carbocycles. The maximum atomic E-state index is 4.62. The fraction of sp³-hybridized carbons (Fsp3) is 0.500. The quantitative estimate of drug-likeness (QED) is 0.789. The van der Waals surface area contributed by atoms with Crippen molar-refractivity contribution in [3.8, 4) is 0 Å². The molecule has 1 saturated heterocycles. The Kier molecular flexibility index (Phi) is 2.17. The van der Waals surface area contributed by atoms with E-state index in [-0.39, 0.29) is 0 Å². The molecule has 4 heteroatoms. The number of hydrogen-bond acceptors (Lipinski definition) is 3. The molecule has 1 aliphatic heterocycles. The van der Waals surface area contributed by atoms with Crippen molar-refractivity contribution in [1.82, 2.24) is 19.9 Å². The van der Waals surface area contributed by atoms with Crippen LogP contribution in [0.15, 0.2) is 12.3 Å². The topological polar surface area (TPSA) is 42.7 Å². The van der Waals surface area contributed by atoms with Gasteiger partial charge in [0.1, 0.15) is 11.3 Å². The number of nitrogens with one attached hydrogen (secondary N) is 1. The van der Waals surface area contributed by atoms with Gasteiger partial charge in [-0.2, -0.15) is 0 Å². The van der Waals surface area contributed by atoms with Crippen molar-refractivity contribution in [3.63, 3.8) is 0 Å². The summed E-state index contributed by atoms with van der Waals surface area (Å²) in [5, 5.41) is 3.52. The Bertz CT molecular complexity index is 523. The zero-order valence-electron chi connectivity index (χ0n) is 9.70. The van der Waals surface area contributed by atoms with Crippen LogP contribution < -0.4 is 5.32 Å². The number of hydrogen-bond donors (Lipinski definition) is 1. The average molecular weight is 216 g/mol. The van der Waals surface area contributed by atoms with Crippen molar-refractivity contribution in [2.75, 3.05) is 6.54 Å². The van der Waals surface area contributed by atoms with Crippen LogP contribution in [0.4, 0.5) is 0 Å². The van der Waals surface area contributed by atoms with Crippen LogP contribution in [0.1, 0.15) is 30.3 Å². The zero-order chi connectivity index (χ0) is 11.1. The molecule has 0 aromatic carbocycles. The highest BCUT2D eigenvalue weighted by Crippen LogP contribution is 2.28. The van der Waals surface area contributed by atoms with Crippen molar-refractivity contribution >= 4 is 11.2 Å². The highest BCUT2D eigenvalue weighted by Gasteiger charge is 2.20. The number of imidazole rings is 1. The second kappa shape index (κ2) is 3.56. The smallest absolute Gasteiger partial charge is 0.160 e. The first-order valence-electron chi connectivity index (χ1n) is 5.78. The molecule has 84 valence electrons. The van der Waals surface area contributed by atoms with Crippen LogP contribution in [0, 0.1) is 6.92 Å². The first-order chi connectivity index (χ1) is 7.77. The molecule has 4 nitrogen and oxygen atoms in total. The minimum Gasteiger partial charge on any atom is -0.316 e. The van der Waals surface area contributed by atoms with Gasteiger partial charge in [0, 0.05) is 24.8 Å². The molecule has 0 amide bonds. The standard InChI is InChI=1S/C12H16N4/c1-8-15-11-9(10-4-3-6-13-10)5-7-14-12(11)16(8)2/h5,7,10,13H,3-4,6H2,1-2H3. The van der Waals surface area contributed by atoms with E-state index in [1.807, 2.05) is 24.7 Å². The van der Waals surface area contributed by atoms with Crippen molar-refractivity contribution in [2.24, 2.45) is 7.05 Å². The van der Waals surface area contributed by atoms with Gasteiger partial charge < -0.3 is 9.88 Å². The van der Waals surface area contributed by atoms with Crippen LogP contribution >= 0.6 is 0 Å². The molecule has 16 heavy (non-hydrogen) atoms. The van der Waals surface area contributed by atoms with E-state index >= 15 is 0 Å². The van der Waals surface area contributed by atoms with E-state index in [1.165, 1.54) is 18.4 Å². The molecule has 1 aliphatic rings. The predicted molar refractivity (Wildman–Crippen MR) is 63.2 cm³/mol. The summed E-state index contributed by atoms with van der Waals surface area (Å²) in [5.41, 5.74) is 3.34. The van der Waals surface area contributed by atoms with Crippen LogP contribution in [-0.2, 0) is 7.05 Å². The lowest BCUT2D eigenvalue weighted by Crippen LogP contribution is -2.13. The number of aryl methyl sites for hydroxylation is 2. The molecule has 2 aromatic rings. The number of nitrogens with zero attached hydrogens (tertiary/aromatic N) is 3. The molecule has 3 rings (SSSR count). The van der Waals surface area contributed by atoms with Crippen LogP contribution in [0.5, 0.6) is 0 Å². The summed E-state index contributed by atoms with van der Waals surface area (Å²) < 4.78 is 2.05. The summed E-state index contributed by atoms with van der Waals surface area (Å²) in [4.78, 5) is 9.02. The third-order valence-corrected chi connectivity index (χ3v) is 3.45. The lowest BCUT2D eigenvalue weighted by atomic mass is 10.1. The first kappa shape index (κ1) is 9.78. The fourth-order valence-corrected chi connectivity index (χ4v) is 2.44. The van der Waals surface area contributed by atoms with Gasteiger partial charge in [-0.05, 0) is 32.4 Å². The Labute approximate surface area is 94.7 Å². The number of aromatic nitrogens is 3. The highest BCUT2D eigenvalue weighted by molar-refractivity contribution is 5.76. The maximum Gasteiger partial charge on any atom is 0.160 e. The maximum absolute atomic E-state index is 4.62. The molecule has 1 unspecified atom stereocenters. The number of rotatable bonds is 1. The fourth-order valence-electron chi connectivity index (χ4n) is 2.44. The van der Waals surface area contributed by atoms with Crippen LogP contribution in [0.2, 0.25) is 0 Å². The van der Waals surface area contributed by atoms with Gasteiger partial charge in [-0.3, -0.25) is 0 Å². The molecule has 1 fully saturated rings. The zero-order valence-corrected chi connectivity index (χ0v) is 9.70. The summed E-state index contributed by atoms with van der Waals surface area (Å²) in [6, 6.07) is 2.55. The second-order valence-electron chi connectivity index (χ2n) is 4.44. The van der Waals surface area contributed by atoms with Gasteiger partial charge in [0.15, 0.2) is 5.65 Å². The molecule has 3 heterocycles. The summed E-state index contributed by atoms with van der Waals surface area (Å²) in [7, 11) is 2.02. The largest absolute Gasteiger partial charge is 0.316 e. The van der Waals surface area contributed by atoms with E-state index in [1.54, 1.807) is 0 Å². The normalized spacial score (nSPS) is 20.8. The minimum absolute atomic E-state index is 0.458. The average Bonchev–Trinajstić information content (AvgIpc) is 2.89. The van der Waals surface area contributed by atoms with Crippen molar-refractivity contribution in [3.05, 3.63) is 23.7 Å². The predicted octanol–water partition coefficient (Wildman–Crippen LogP) is 1.70. The molecule has 0 bridgehead atoms. The summed E-state index contributed by atoms with van der Waals surface area (Å²) in [6.45, 7) is 3.13. The first-order valence-corrected chi connectivity index (χ1v) is 5.78. The van der Waals surface area contributed by atoms with E-state index in [9.17, 15) is 0 Å². The van der Waals surface area contributed by atoms with E-state index in [0.29, 0.717) is 6.04 Å². The summed E-state index contributed by atoms with van der Waals surface area (Å²) in [6.07, 6.45) is 4.34. The van der Waals surface area contributed by atoms with Crippen LogP contribution in [0.3, 0.4) is 0 Å². The third kappa shape index (κ3) is 1.33. The molecular formula is C12H16N4. The van der Waals surface area contributed by atoms with E-state index < -0.39 is 0 Å². The number of fused-ring (bicyclic) bond motifs is 1. The second-order valence-corrected chi connectivity index (χ2v) is 4.44. The van der Waals surface area contributed by atoms with Crippen molar-refractivity contribution in [2.45, 2.75) is 25.8 Å². The lowest BCUT2D eigenvalue weighted by molar-refractivity contribution is 0.651. The summed E-state index contributed by atoms with van der Waals surface area (Å²) in [5.74, 6) is 1.02. The van der Waals surface area contributed by atoms with Gasteiger partial charge >= 0.3 is 0 Å². The van der Waals surface area contributed by atoms with Crippen molar-refractivity contribution < 1.29 is 0 Å². The van der Waals surface area contributed by atoms with Crippen molar-refractivity contribution in [1.29, 1.82) is 0 Å². The van der Waals surface area contributed by atoms with Gasteiger partial charge in [-0.1, -0.05) is 0 Å². The third-order valence-electron chi connectivity index (χ3n) is 3.45. The van der Waals surface area contributed by atoms with Gasteiger partial charge in [-0.25, -0.2) is 9.97 Å². The molecule has 0 radical (unpaired) electrons.